The van der Waals surface area contributed by atoms with Crippen molar-refractivity contribution in [1.82, 2.24) is 0 Å². The van der Waals surface area contributed by atoms with Crippen molar-refractivity contribution >= 4 is 82.5 Å². The molecule has 0 saturated heterocycles. The van der Waals surface area contributed by atoms with Gasteiger partial charge >= 0.3 is 0 Å². The summed E-state index contributed by atoms with van der Waals surface area (Å²) in [6.07, 6.45) is 0. The predicted molar refractivity (Wildman–Crippen MR) is 274 cm³/mol. The summed E-state index contributed by atoms with van der Waals surface area (Å²) in [5.41, 5.74) is 15.2. The lowest BCUT2D eigenvalue weighted by molar-refractivity contribution is 0.447. The molecule has 2 aliphatic rings. The molecular formula is C63H37NO3. The van der Waals surface area contributed by atoms with Gasteiger partial charge in [0.2, 0.25) is 0 Å². The van der Waals surface area contributed by atoms with Crippen molar-refractivity contribution in [3.63, 3.8) is 0 Å². The quantitative estimate of drug-likeness (QED) is 0.177. The molecule has 13 aromatic rings. The monoisotopic (exact) mass is 855 g/mol. The SMILES string of the molecule is c1ccc2c(c1)-c1cc(-c3ccc(N(c4cccc5c4oc4ccccc45)c4cccc5c4oc4ccccc45)cc3)ccc1C21c2ccc3ccccc3c2Oc2c1ccc1ccccc21. The number of furan rings is 2. The number of benzene rings is 11. The van der Waals surface area contributed by atoms with Gasteiger partial charge in [-0.15, -0.1) is 0 Å². The molecule has 2 aromatic heterocycles. The number of fused-ring (bicyclic) bond motifs is 19. The second-order valence-corrected chi connectivity index (χ2v) is 17.9. The van der Waals surface area contributed by atoms with Gasteiger partial charge in [-0.1, -0.05) is 182 Å². The Balaban J connectivity index is 0.919. The Kier molecular flexibility index (Phi) is 7.40. The average molecular weight is 856 g/mol. The smallest absolute Gasteiger partial charge is 0.159 e. The molecule has 1 aliphatic heterocycles. The maximum atomic E-state index is 7.17. The van der Waals surface area contributed by atoms with Gasteiger partial charge in [0.05, 0.1) is 16.8 Å². The Morgan fingerprint density at radius 3 is 1.42 bits per heavy atom. The van der Waals surface area contributed by atoms with Crippen LogP contribution in [0.1, 0.15) is 22.3 Å². The number of anilines is 3. The molecule has 4 nitrogen and oxygen atoms in total. The van der Waals surface area contributed by atoms with Crippen molar-refractivity contribution in [2.75, 3.05) is 4.90 Å². The van der Waals surface area contributed by atoms with Gasteiger partial charge in [0.15, 0.2) is 11.2 Å². The van der Waals surface area contributed by atoms with Crippen LogP contribution >= 0.6 is 0 Å². The minimum Gasteiger partial charge on any atom is -0.455 e. The van der Waals surface area contributed by atoms with Crippen LogP contribution in [0, 0.1) is 0 Å². The lowest BCUT2D eigenvalue weighted by Gasteiger charge is -2.40. The average Bonchev–Trinajstić information content (AvgIpc) is 4.06. The van der Waals surface area contributed by atoms with Crippen LogP contribution in [0.2, 0.25) is 0 Å². The summed E-state index contributed by atoms with van der Waals surface area (Å²) in [5, 5.41) is 8.86. The number of rotatable bonds is 4. The van der Waals surface area contributed by atoms with E-state index in [1.54, 1.807) is 0 Å². The van der Waals surface area contributed by atoms with Crippen LogP contribution < -0.4 is 9.64 Å². The van der Waals surface area contributed by atoms with Gasteiger partial charge < -0.3 is 18.5 Å². The van der Waals surface area contributed by atoms with Gasteiger partial charge in [-0.3, -0.25) is 0 Å². The third kappa shape index (κ3) is 4.96. The first-order valence-corrected chi connectivity index (χ1v) is 22.9. The third-order valence-electron chi connectivity index (χ3n) is 14.5. The molecule has 1 aliphatic carbocycles. The first kappa shape index (κ1) is 36.5. The van der Waals surface area contributed by atoms with E-state index < -0.39 is 5.41 Å². The van der Waals surface area contributed by atoms with Crippen LogP contribution in [-0.4, -0.2) is 0 Å². The molecule has 0 unspecified atom stereocenters. The van der Waals surface area contributed by atoms with Gasteiger partial charge in [0.1, 0.15) is 22.7 Å². The van der Waals surface area contributed by atoms with Gasteiger partial charge in [-0.05, 0) is 86.6 Å². The summed E-state index contributed by atoms with van der Waals surface area (Å²) < 4.78 is 20.6. The molecule has 11 aromatic carbocycles. The van der Waals surface area contributed by atoms with Crippen molar-refractivity contribution in [3.8, 4) is 33.8 Å². The summed E-state index contributed by atoms with van der Waals surface area (Å²) in [6, 6.07) is 80.6. The minimum atomic E-state index is -0.596. The highest BCUT2D eigenvalue weighted by molar-refractivity contribution is 6.14. The highest BCUT2D eigenvalue weighted by Crippen LogP contribution is 2.64. The van der Waals surface area contributed by atoms with Gasteiger partial charge in [-0.2, -0.15) is 0 Å². The van der Waals surface area contributed by atoms with Crippen molar-refractivity contribution < 1.29 is 13.6 Å². The molecule has 67 heavy (non-hydrogen) atoms. The van der Waals surface area contributed by atoms with Crippen LogP contribution in [0.4, 0.5) is 17.1 Å². The molecule has 3 heterocycles. The van der Waals surface area contributed by atoms with Crippen molar-refractivity contribution in [3.05, 3.63) is 247 Å². The zero-order valence-electron chi connectivity index (χ0n) is 36.0. The molecule has 0 amide bonds. The van der Waals surface area contributed by atoms with Crippen LogP contribution in [0.15, 0.2) is 233 Å². The summed E-state index contributed by atoms with van der Waals surface area (Å²) in [7, 11) is 0. The summed E-state index contributed by atoms with van der Waals surface area (Å²) in [5.74, 6) is 1.84. The number of para-hydroxylation sites is 4. The van der Waals surface area contributed by atoms with Crippen LogP contribution in [-0.2, 0) is 5.41 Å². The number of nitrogens with zero attached hydrogens (tertiary/aromatic N) is 1. The highest BCUT2D eigenvalue weighted by Gasteiger charge is 2.51. The van der Waals surface area contributed by atoms with E-state index in [0.717, 1.165) is 116 Å². The molecule has 4 heteroatoms. The maximum Gasteiger partial charge on any atom is 0.159 e. The molecule has 0 radical (unpaired) electrons. The van der Waals surface area contributed by atoms with E-state index in [0.29, 0.717) is 0 Å². The second-order valence-electron chi connectivity index (χ2n) is 17.9. The fourth-order valence-corrected chi connectivity index (χ4v) is 11.6. The third-order valence-corrected chi connectivity index (χ3v) is 14.5. The molecule has 0 atom stereocenters. The molecule has 0 saturated carbocycles. The van der Waals surface area contributed by atoms with Crippen LogP contribution in [0.3, 0.4) is 0 Å². The normalized spacial score (nSPS) is 13.3. The Hall–Kier alpha value is -8.86. The van der Waals surface area contributed by atoms with Crippen molar-refractivity contribution in [2.45, 2.75) is 5.41 Å². The molecule has 0 fully saturated rings. The van der Waals surface area contributed by atoms with Crippen LogP contribution in [0.5, 0.6) is 11.5 Å². The summed E-state index contributed by atoms with van der Waals surface area (Å²) in [4.78, 5) is 2.29. The topological polar surface area (TPSA) is 38.8 Å². The van der Waals surface area contributed by atoms with Crippen molar-refractivity contribution in [1.29, 1.82) is 0 Å². The largest absolute Gasteiger partial charge is 0.455 e. The molecule has 15 rings (SSSR count). The Labute approximate surface area is 385 Å². The highest BCUT2D eigenvalue weighted by atomic mass is 16.5. The van der Waals surface area contributed by atoms with E-state index >= 15 is 0 Å². The number of hydrogen-bond acceptors (Lipinski definition) is 4. The first-order chi connectivity index (χ1) is 33.2. The van der Waals surface area contributed by atoms with E-state index in [-0.39, 0.29) is 0 Å². The first-order valence-electron chi connectivity index (χ1n) is 22.9. The van der Waals surface area contributed by atoms with E-state index in [4.69, 9.17) is 13.6 Å². The molecule has 312 valence electrons. The number of ether oxygens (including phenoxy) is 1. The van der Waals surface area contributed by atoms with Gasteiger partial charge in [0, 0.05) is 49.1 Å². The van der Waals surface area contributed by atoms with Crippen molar-refractivity contribution in [2.24, 2.45) is 0 Å². The predicted octanol–water partition coefficient (Wildman–Crippen LogP) is 17.4. The second kappa shape index (κ2) is 13.6. The van der Waals surface area contributed by atoms with Gasteiger partial charge in [-0.25, -0.2) is 0 Å². The van der Waals surface area contributed by atoms with E-state index in [1.807, 2.05) is 24.3 Å². The standard InChI is InChI=1S/C63H37NO3/c1-3-15-43-39(13-1)29-35-53-59(43)67-60-44-16-4-2-14-40(44)30-36-54(60)63(53)51-22-8-5-17-45(51)50-37-41(31-34-52(50)63)38-27-32-42(33-28-38)64(55-23-11-20-48-46-18-6-9-25-57(46)65-61(48)55)56-24-12-21-49-47-19-7-10-26-58(47)66-62(49)56/h1-37H. The van der Waals surface area contributed by atoms with E-state index in [9.17, 15) is 0 Å². The number of hydrogen-bond donors (Lipinski definition) is 0. The minimum absolute atomic E-state index is 0.596. The molecular weight excluding hydrogens is 819 g/mol. The van der Waals surface area contributed by atoms with Gasteiger partial charge in [0.25, 0.3) is 0 Å². The van der Waals surface area contributed by atoms with E-state index in [1.165, 1.54) is 22.3 Å². The zero-order chi connectivity index (χ0) is 43.8. The Bertz CT molecular complexity index is 4010. The lowest BCUT2D eigenvalue weighted by atomic mass is 9.65. The van der Waals surface area contributed by atoms with Crippen LogP contribution in [0.25, 0.3) is 87.7 Å². The molecule has 0 bridgehead atoms. The maximum absolute atomic E-state index is 7.17. The molecule has 1 spiro atoms. The Morgan fingerprint density at radius 2 is 0.806 bits per heavy atom. The van der Waals surface area contributed by atoms with E-state index in [2.05, 4.69) is 205 Å². The Morgan fingerprint density at radius 1 is 0.328 bits per heavy atom. The lowest BCUT2D eigenvalue weighted by Crippen LogP contribution is -2.32. The molecule has 0 N–H and O–H groups in total. The fraction of sp³-hybridized carbons (Fsp3) is 0.0159. The zero-order valence-corrected chi connectivity index (χ0v) is 36.0. The summed E-state index contributed by atoms with van der Waals surface area (Å²) in [6.45, 7) is 0. The fourth-order valence-electron chi connectivity index (χ4n) is 11.6. The summed E-state index contributed by atoms with van der Waals surface area (Å²) >= 11 is 0.